The lowest BCUT2D eigenvalue weighted by Gasteiger charge is -2.13. The summed E-state index contributed by atoms with van der Waals surface area (Å²) in [5.74, 6) is 1.56. The number of ether oxygens (including phenoxy) is 1. The van der Waals surface area contributed by atoms with Crippen molar-refractivity contribution < 1.29 is 18.7 Å². The number of hydrogen-bond acceptors (Lipinski definition) is 5. The Labute approximate surface area is 180 Å². The number of nitrogens with one attached hydrogen (secondary N) is 2. The number of hydrogen-bond donors (Lipinski definition) is 2. The molecule has 1 aliphatic carbocycles. The summed E-state index contributed by atoms with van der Waals surface area (Å²) in [6.07, 6.45) is 6.37. The van der Waals surface area contributed by atoms with Gasteiger partial charge in [0.05, 0.1) is 18.4 Å². The number of carbonyl (C=O) groups is 2. The molecule has 0 saturated heterocycles. The number of carbonyl (C=O) groups excluding carboxylic acids is 2. The van der Waals surface area contributed by atoms with E-state index in [0.717, 1.165) is 42.8 Å². The maximum Gasteiger partial charge on any atom is 0.258 e. The molecule has 0 radical (unpaired) electrons. The van der Waals surface area contributed by atoms with Crippen molar-refractivity contribution in [1.29, 1.82) is 0 Å². The molecule has 7 heteroatoms. The van der Waals surface area contributed by atoms with Crippen LogP contribution in [0.2, 0.25) is 0 Å². The van der Waals surface area contributed by atoms with Gasteiger partial charge >= 0.3 is 0 Å². The summed E-state index contributed by atoms with van der Waals surface area (Å²) in [5.41, 5.74) is 2.39. The van der Waals surface area contributed by atoms with Gasteiger partial charge in [0.25, 0.3) is 5.91 Å². The minimum atomic E-state index is -0.178. The maximum absolute atomic E-state index is 12.8. The van der Waals surface area contributed by atoms with Gasteiger partial charge in [-0.25, -0.2) is 0 Å². The zero-order valence-electron chi connectivity index (χ0n) is 17.2. The number of aryl methyl sites for hydroxylation is 2. The minimum absolute atomic E-state index is 0.178. The lowest BCUT2D eigenvalue weighted by atomic mass is 9.95. The van der Waals surface area contributed by atoms with Gasteiger partial charge in [0.15, 0.2) is 0 Å². The fraction of sp³-hybridized carbons (Fsp3) is 0.304. The van der Waals surface area contributed by atoms with Crippen molar-refractivity contribution >= 4 is 34.3 Å². The fourth-order valence-electron chi connectivity index (χ4n) is 3.32. The van der Waals surface area contributed by atoms with E-state index >= 15 is 0 Å². The number of rotatable bonds is 6. The van der Waals surface area contributed by atoms with E-state index in [2.05, 4.69) is 10.6 Å². The first-order chi connectivity index (χ1) is 14.6. The van der Waals surface area contributed by atoms with Crippen molar-refractivity contribution in [2.24, 2.45) is 0 Å². The lowest BCUT2D eigenvalue weighted by molar-refractivity contribution is -0.105. The van der Waals surface area contributed by atoms with Gasteiger partial charge in [-0.2, -0.15) is 0 Å². The van der Waals surface area contributed by atoms with E-state index in [0.29, 0.717) is 29.3 Å². The molecule has 1 aliphatic rings. The standard InChI is InChI=1S/C18H20N2O3S.C5H6O/c1-2-23-13-9-7-12(8-10-13)20-17(22)16-14-5-3-4-6-15(14)24-18(16)19-11-21;1-5-3-2-4-6-5/h7-11H,2-6H2,1H3,(H,19,21)(H,20,22);2-4H,1H3. The van der Waals surface area contributed by atoms with E-state index < -0.39 is 0 Å². The summed E-state index contributed by atoms with van der Waals surface area (Å²) in [6, 6.07) is 11.1. The van der Waals surface area contributed by atoms with Crippen LogP contribution in [-0.4, -0.2) is 18.9 Å². The highest BCUT2D eigenvalue weighted by Crippen LogP contribution is 2.38. The van der Waals surface area contributed by atoms with Crippen molar-refractivity contribution in [3.63, 3.8) is 0 Å². The van der Waals surface area contributed by atoms with E-state index in [4.69, 9.17) is 9.15 Å². The van der Waals surface area contributed by atoms with Crippen LogP contribution < -0.4 is 15.4 Å². The topological polar surface area (TPSA) is 80.6 Å². The first kappa shape index (κ1) is 21.6. The normalized spacial score (nSPS) is 12.2. The van der Waals surface area contributed by atoms with E-state index in [1.807, 2.05) is 50.2 Å². The molecular weight excluding hydrogens is 400 g/mol. The van der Waals surface area contributed by atoms with Crippen molar-refractivity contribution in [2.45, 2.75) is 39.5 Å². The van der Waals surface area contributed by atoms with Crippen molar-refractivity contribution in [2.75, 3.05) is 17.2 Å². The highest BCUT2D eigenvalue weighted by molar-refractivity contribution is 7.17. The average Bonchev–Trinajstić information content (AvgIpc) is 3.36. The van der Waals surface area contributed by atoms with Crippen LogP contribution in [0.3, 0.4) is 0 Å². The molecule has 0 saturated carbocycles. The van der Waals surface area contributed by atoms with E-state index in [1.54, 1.807) is 6.26 Å². The van der Waals surface area contributed by atoms with Crippen molar-refractivity contribution in [3.05, 3.63) is 64.4 Å². The Kier molecular flexibility index (Phi) is 7.68. The first-order valence-corrected chi connectivity index (χ1v) is 10.8. The molecule has 2 amide bonds. The second-order valence-electron chi connectivity index (χ2n) is 6.81. The highest BCUT2D eigenvalue weighted by Gasteiger charge is 2.25. The maximum atomic E-state index is 12.8. The van der Waals surface area contributed by atoms with Crippen LogP contribution in [-0.2, 0) is 17.6 Å². The summed E-state index contributed by atoms with van der Waals surface area (Å²) in [6.45, 7) is 4.45. The van der Waals surface area contributed by atoms with Crippen LogP contribution in [0, 0.1) is 6.92 Å². The molecule has 2 N–H and O–H groups in total. The molecule has 3 aromatic rings. The van der Waals surface area contributed by atoms with Gasteiger partial charge in [-0.15, -0.1) is 11.3 Å². The number of benzene rings is 1. The lowest BCUT2D eigenvalue weighted by Crippen LogP contribution is -2.16. The second-order valence-corrected chi connectivity index (χ2v) is 7.92. The molecule has 0 fully saturated rings. The third-order valence-corrected chi connectivity index (χ3v) is 5.90. The highest BCUT2D eigenvalue weighted by atomic mass is 32.1. The van der Waals surface area contributed by atoms with E-state index in [1.165, 1.54) is 16.2 Å². The Bertz CT molecular complexity index is 962. The van der Waals surface area contributed by atoms with Crippen molar-refractivity contribution in [3.8, 4) is 5.75 Å². The molecule has 2 heterocycles. The molecular formula is C23H26N2O4S. The van der Waals surface area contributed by atoms with Crippen LogP contribution in [0.5, 0.6) is 5.75 Å². The van der Waals surface area contributed by atoms with Crippen LogP contribution in [0.4, 0.5) is 10.7 Å². The molecule has 0 atom stereocenters. The van der Waals surface area contributed by atoms with Gasteiger partial charge in [0, 0.05) is 10.6 Å². The number of thiophene rings is 1. The summed E-state index contributed by atoms with van der Waals surface area (Å²) in [5, 5.41) is 6.24. The van der Waals surface area contributed by atoms with Crippen molar-refractivity contribution in [1.82, 2.24) is 0 Å². The summed E-state index contributed by atoms with van der Waals surface area (Å²) < 4.78 is 10.2. The molecule has 0 unspecified atom stereocenters. The minimum Gasteiger partial charge on any atom is -0.494 e. The quantitative estimate of drug-likeness (QED) is 0.515. The predicted molar refractivity (Wildman–Crippen MR) is 120 cm³/mol. The third kappa shape index (κ3) is 5.51. The molecule has 2 aromatic heterocycles. The third-order valence-electron chi connectivity index (χ3n) is 4.68. The number of furan rings is 1. The Hall–Kier alpha value is -3.06. The Balaban J connectivity index is 0.000000367. The molecule has 158 valence electrons. The van der Waals surface area contributed by atoms with Gasteiger partial charge < -0.3 is 19.8 Å². The zero-order chi connectivity index (χ0) is 21.3. The molecule has 1 aromatic carbocycles. The monoisotopic (exact) mass is 426 g/mol. The van der Waals surface area contributed by atoms with Crippen LogP contribution in [0.1, 0.15) is 46.3 Å². The summed E-state index contributed by atoms with van der Waals surface area (Å²) in [4.78, 5) is 24.8. The van der Waals surface area contributed by atoms with Gasteiger partial charge in [0.2, 0.25) is 6.41 Å². The SMILES string of the molecule is CCOc1ccc(NC(=O)c2c(NC=O)sc3c2CCCC3)cc1.Cc1ccco1. The Morgan fingerprint density at radius 1 is 1.20 bits per heavy atom. The molecule has 30 heavy (non-hydrogen) atoms. The number of fused-ring (bicyclic) bond motifs is 1. The average molecular weight is 427 g/mol. The van der Waals surface area contributed by atoms with E-state index in [-0.39, 0.29) is 5.91 Å². The Morgan fingerprint density at radius 2 is 1.97 bits per heavy atom. The van der Waals surface area contributed by atoms with Crippen LogP contribution >= 0.6 is 11.3 Å². The molecule has 0 bridgehead atoms. The summed E-state index contributed by atoms with van der Waals surface area (Å²) >= 11 is 1.51. The fourth-order valence-corrected chi connectivity index (χ4v) is 4.56. The van der Waals surface area contributed by atoms with Gasteiger partial charge in [-0.05, 0) is 81.5 Å². The van der Waals surface area contributed by atoms with Crippen LogP contribution in [0.15, 0.2) is 47.1 Å². The number of amides is 2. The van der Waals surface area contributed by atoms with Crippen LogP contribution in [0.25, 0.3) is 0 Å². The van der Waals surface area contributed by atoms with Gasteiger partial charge in [-0.3, -0.25) is 9.59 Å². The molecule has 0 aliphatic heterocycles. The number of anilines is 2. The Morgan fingerprint density at radius 3 is 2.57 bits per heavy atom. The molecule has 0 spiro atoms. The zero-order valence-corrected chi connectivity index (χ0v) is 18.0. The molecule has 6 nitrogen and oxygen atoms in total. The molecule has 4 rings (SSSR count). The van der Waals surface area contributed by atoms with E-state index in [9.17, 15) is 9.59 Å². The smallest absolute Gasteiger partial charge is 0.258 e. The predicted octanol–water partition coefficient (Wildman–Crippen LogP) is 5.43. The van der Waals surface area contributed by atoms with Gasteiger partial charge in [0.1, 0.15) is 16.5 Å². The van der Waals surface area contributed by atoms with Gasteiger partial charge in [-0.1, -0.05) is 0 Å². The first-order valence-electron chi connectivity index (χ1n) is 10.0. The summed E-state index contributed by atoms with van der Waals surface area (Å²) in [7, 11) is 0. The largest absolute Gasteiger partial charge is 0.494 e. The second kappa shape index (κ2) is 10.6.